The molecular formula is C20H25Cl2N5O4. The van der Waals surface area contributed by atoms with Crippen molar-refractivity contribution in [2.45, 2.75) is 52.0 Å². The van der Waals surface area contributed by atoms with Crippen LogP contribution in [0, 0.1) is 6.92 Å². The highest BCUT2D eigenvalue weighted by Gasteiger charge is 2.27. The van der Waals surface area contributed by atoms with Crippen LogP contribution in [0.25, 0.3) is 0 Å². The van der Waals surface area contributed by atoms with Crippen LogP contribution < -0.4 is 15.0 Å². The average molecular weight is 470 g/mol. The highest BCUT2D eigenvalue weighted by atomic mass is 35.5. The number of carbonyl (C=O) groups excluding carboxylic acids is 1. The van der Waals surface area contributed by atoms with Gasteiger partial charge in [0.1, 0.15) is 17.3 Å². The van der Waals surface area contributed by atoms with Gasteiger partial charge in [-0.3, -0.25) is 4.79 Å². The Hall–Kier alpha value is -2.52. The van der Waals surface area contributed by atoms with Crippen molar-refractivity contribution in [2.24, 2.45) is 0 Å². The maximum absolute atomic E-state index is 12.6. The van der Waals surface area contributed by atoms with Crippen LogP contribution in [-0.2, 0) is 5.41 Å². The first-order valence-corrected chi connectivity index (χ1v) is 10.6. The molecule has 1 fully saturated rings. The third-order valence-corrected chi connectivity index (χ3v) is 5.93. The van der Waals surface area contributed by atoms with Crippen molar-refractivity contribution in [3.63, 3.8) is 0 Å². The van der Waals surface area contributed by atoms with Gasteiger partial charge in [-0.1, -0.05) is 44.0 Å². The van der Waals surface area contributed by atoms with Crippen molar-refractivity contribution < 1.29 is 19.4 Å². The first-order valence-electron chi connectivity index (χ1n) is 9.85. The summed E-state index contributed by atoms with van der Waals surface area (Å²) in [6.45, 7) is 8.82. The predicted octanol–water partition coefficient (Wildman–Crippen LogP) is 4.17. The molecule has 11 heteroatoms. The number of aromatic nitrogens is 3. The maximum Gasteiger partial charge on any atom is 0.512 e. The van der Waals surface area contributed by atoms with Gasteiger partial charge in [-0.15, -0.1) is 0 Å². The van der Waals surface area contributed by atoms with E-state index in [2.05, 4.69) is 20.3 Å². The van der Waals surface area contributed by atoms with Gasteiger partial charge in [0.15, 0.2) is 0 Å². The van der Waals surface area contributed by atoms with Crippen LogP contribution in [0.15, 0.2) is 6.07 Å². The number of piperidine rings is 1. The van der Waals surface area contributed by atoms with Gasteiger partial charge in [-0.25, -0.2) is 9.78 Å². The number of hydrogen-bond donors (Lipinski definition) is 3. The molecule has 0 aromatic carbocycles. The Kier molecular flexibility index (Phi) is 6.66. The third-order valence-electron chi connectivity index (χ3n) is 4.99. The number of hydrogen-bond acceptors (Lipinski definition) is 6. The normalized spacial score (nSPS) is 15.1. The Morgan fingerprint density at radius 1 is 1.23 bits per heavy atom. The number of anilines is 1. The molecule has 168 valence electrons. The van der Waals surface area contributed by atoms with Crippen molar-refractivity contribution in [1.29, 1.82) is 0 Å². The molecular weight excluding hydrogens is 445 g/mol. The number of carboxylic acid groups (broad SMARTS) is 1. The van der Waals surface area contributed by atoms with E-state index in [4.69, 9.17) is 33.0 Å². The average Bonchev–Trinajstić information content (AvgIpc) is 2.94. The summed E-state index contributed by atoms with van der Waals surface area (Å²) in [7, 11) is 0. The van der Waals surface area contributed by atoms with Gasteiger partial charge in [0, 0.05) is 36.3 Å². The summed E-state index contributed by atoms with van der Waals surface area (Å²) in [5, 5.41) is 12.5. The van der Waals surface area contributed by atoms with E-state index in [1.807, 2.05) is 25.7 Å². The number of aryl methyl sites for hydroxylation is 1. The number of halogens is 2. The Morgan fingerprint density at radius 2 is 1.87 bits per heavy atom. The molecule has 3 rings (SSSR count). The van der Waals surface area contributed by atoms with Gasteiger partial charge >= 0.3 is 6.16 Å². The van der Waals surface area contributed by atoms with E-state index in [9.17, 15) is 9.59 Å². The molecule has 0 saturated carbocycles. The first-order chi connectivity index (χ1) is 14.5. The summed E-state index contributed by atoms with van der Waals surface area (Å²) in [6, 6.07) is 1.48. The Bertz CT molecular complexity index is 994. The molecule has 1 aliphatic heterocycles. The zero-order valence-electron chi connectivity index (χ0n) is 17.8. The molecule has 9 nitrogen and oxygen atoms in total. The van der Waals surface area contributed by atoms with Gasteiger partial charge in [0.2, 0.25) is 5.88 Å². The molecule has 0 aliphatic carbocycles. The topological polar surface area (TPSA) is 120 Å². The summed E-state index contributed by atoms with van der Waals surface area (Å²) < 4.78 is 4.78. The zero-order valence-corrected chi connectivity index (χ0v) is 19.3. The number of carbonyl (C=O) groups is 2. The number of amides is 1. The standard InChI is InChI=1S/C20H25Cl2N5O4/c1-10-14(21)15(22)16(23-10)17(28)24-11-5-7-27(8-6-11)12-9-13(31-19(29)30)26-18(25-12)20(2,3)4/h9,11,23H,5-8H2,1-4H3,(H,24,28)(H,29,30). The summed E-state index contributed by atoms with van der Waals surface area (Å²) in [4.78, 5) is 37.3. The zero-order chi connectivity index (χ0) is 22.9. The minimum Gasteiger partial charge on any atom is -0.449 e. The Balaban J connectivity index is 1.69. The summed E-state index contributed by atoms with van der Waals surface area (Å²) in [6.07, 6.45) is -0.0640. The molecule has 2 aromatic rings. The number of rotatable bonds is 4. The van der Waals surface area contributed by atoms with Crippen LogP contribution in [0.2, 0.25) is 10.0 Å². The lowest BCUT2D eigenvalue weighted by Gasteiger charge is -2.33. The Labute approximate surface area is 190 Å². The molecule has 0 bridgehead atoms. The molecule has 0 spiro atoms. The lowest BCUT2D eigenvalue weighted by Crippen LogP contribution is -2.45. The van der Waals surface area contributed by atoms with Gasteiger partial charge in [0.05, 0.1) is 10.0 Å². The molecule has 31 heavy (non-hydrogen) atoms. The van der Waals surface area contributed by atoms with Crippen molar-refractivity contribution in [3.8, 4) is 5.88 Å². The molecule has 0 unspecified atom stereocenters. The smallest absolute Gasteiger partial charge is 0.449 e. The van der Waals surface area contributed by atoms with Crippen LogP contribution in [-0.4, -0.2) is 51.3 Å². The fraction of sp³-hybridized carbons (Fsp3) is 0.500. The SMILES string of the molecule is Cc1[nH]c(C(=O)NC2CCN(c3cc(OC(=O)O)nc(C(C)(C)C)n3)CC2)c(Cl)c1Cl. The molecule has 0 atom stereocenters. The van der Waals surface area contributed by atoms with Crippen LogP contribution in [0.5, 0.6) is 5.88 Å². The van der Waals surface area contributed by atoms with E-state index in [0.717, 1.165) is 0 Å². The van der Waals surface area contributed by atoms with E-state index in [-0.39, 0.29) is 34.0 Å². The van der Waals surface area contributed by atoms with Crippen molar-refractivity contribution in [2.75, 3.05) is 18.0 Å². The number of nitrogens with zero attached hydrogens (tertiary/aromatic N) is 3. The van der Waals surface area contributed by atoms with Gasteiger partial charge < -0.3 is 25.0 Å². The fourth-order valence-electron chi connectivity index (χ4n) is 3.29. The van der Waals surface area contributed by atoms with E-state index in [1.165, 1.54) is 6.07 Å². The number of aromatic amines is 1. The van der Waals surface area contributed by atoms with Gasteiger partial charge in [-0.05, 0) is 19.8 Å². The Morgan fingerprint density at radius 3 is 2.39 bits per heavy atom. The quantitative estimate of drug-likeness (QED) is 0.574. The largest absolute Gasteiger partial charge is 0.512 e. The maximum atomic E-state index is 12.6. The lowest BCUT2D eigenvalue weighted by atomic mass is 9.95. The van der Waals surface area contributed by atoms with E-state index < -0.39 is 6.16 Å². The van der Waals surface area contributed by atoms with E-state index in [0.29, 0.717) is 48.3 Å². The van der Waals surface area contributed by atoms with Crippen LogP contribution >= 0.6 is 23.2 Å². The molecule has 1 aliphatic rings. The highest BCUT2D eigenvalue weighted by Crippen LogP contribution is 2.30. The van der Waals surface area contributed by atoms with Crippen LogP contribution in [0.3, 0.4) is 0 Å². The minimum atomic E-state index is -1.43. The summed E-state index contributed by atoms with van der Waals surface area (Å²) in [5.41, 5.74) is 0.519. The van der Waals surface area contributed by atoms with E-state index >= 15 is 0 Å². The molecule has 1 amide bonds. The highest BCUT2D eigenvalue weighted by molar-refractivity contribution is 6.44. The number of nitrogens with one attached hydrogen (secondary N) is 2. The molecule has 3 N–H and O–H groups in total. The lowest BCUT2D eigenvalue weighted by molar-refractivity contribution is 0.0926. The molecule has 1 saturated heterocycles. The van der Waals surface area contributed by atoms with Gasteiger partial charge in [0.25, 0.3) is 5.91 Å². The van der Waals surface area contributed by atoms with Crippen molar-refractivity contribution in [3.05, 3.63) is 33.3 Å². The van der Waals surface area contributed by atoms with Crippen LogP contribution in [0.4, 0.5) is 10.6 Å². The second kappa shape index (κ2) is 8.92. The number of H-pyrrole nitrogens is 1. The minimum absolute atomic E-state index is 0.00788. The fourth-order valence-corrected chi connectivity index (χ4v) is 3.71. The number of ether oxygens (including phenoxy) is 1. The summed E-state index contributed by atoms with van der Waals surface area (Å²) in [5.74, 6) is 0.778. The van der Waals surface area contributed by atoms with E-state index in [1.54, 1.807) is 6.92 Å². The summed E-state index contributed by atoms with van der Waals surface area (Å²) >= 11 is 12.2. The molecule has 0 radical (unpaired) electrons. The second-order valence-corrected chi connectivity index (χ2v) is 9.25. The molecule has 2 aromatic heterocycles. The predicted molar refractivity (Wildman–Crippen MR) is 118 cm³/mol. The van der Waals surface area contributed by atoms with Gasteiger partial charge in [-0.2, -0.15) is 4.98 Å². The molecule has 3 heterocycles. The second-order valence-electron chi connectivity index (χ2n) is 8.49. The van der Waals surface area contributed by atoms with Crippen LogP contribution in [0.1, 0.15) is 55.6 Å². The van der Waals surface area contributed by atoms with Crippen molar-refractivity contribution in [1.82, 2.24) is 20.3 Å². The van der Waals surface area contributed by atoms with Crippen molar-refractivity contribution >= 4 is 41.1 Å². The monoisotopic (exact) mass is 469 g/mol. The third kappa shape index (κ3) is 5.40. The first kappa shape index (κ1) is 23.1.